The lowest BCUT2D eigenvalue weighted by Crippen LogP contribution is -2.22. The maximum absolute atomic E-state index is 13.0. The first-order valence-electron chi connectivity index (χ1n) is 8.69. The average molecular weight is 390 g/mol. The third kappa shape index (κ3) is 3.40. The second-order valence-electron chi connectivity index (χ2n) is 6.33. The fourth-order valence-electron chi connectivity index (χ4n) is 3.08. The van der Waals surface area contributed by atoms with Gasteiger partial charge in [0.2, 0.25) is 0 Å². The van der Waals surface area contributed by atoms with E-state index in [9.17, 15) is 9.59 Å². The summed E-state index contributed by atoms with van der Waals surface area (Å²) in [6.45, 7) is 1.78. The molecule has 5 nitrogen and oxygen atoms in total. The molecule has 0 spiro atoms. The van der Waals surface area contributed by atoms with Crippen LogP contribution in [0.2, 0.25) is 5.02 Å². The molecule has 0 saturated carbocycles. The van der Waals surface area contributed by atoms with Gasteiger partial charge in [0.05, 0.1) is 16.6 Å². The highest BCUT2D eigenvalue weighted by molar-refractivity contribution is 6.30. The van der Waals surface area contributed by atoms with Gasteiger partial charge in [0.1, 0.15) is 5.82 Å². The van der Waals surface area contributed by atoms with Crippen LogP contribution >= 0.6 is 11.6 Å². The van der Waals surface area contributed by atoms with Crippen molar-refractivity contribution in [2.24, 2.45) is 0 Å². The number of aryl methyl sites for hydroxylation is 1. The van der Waals surface area contributed by atoms with Crippen LogP contribution in [0.25, 0.3) is 16.6 Å². The number of carbonyl (C=O) groups excluding carboxylic acids is 1. The molecule has 0 aliphatic carbocycles. The number of aromatic nitrogens is 2. The summed E-state index contributed by atoms with van der Waals surface area (Å²) in [6.07, 6.45) is 0. The van der Waals surface area contributed by atoms with Crippen LogP contribution in [0, 0.1) is 6.92 Å². The fourth-order valence-corrected chi connectivity index (χ4v) is 3.20. The average Bonchev–Trinajstić information content (AvgIpc) is 2.69. The summed E-state index contributed by atoms with van der Waals surface area (Å²) in [6, 6.07) is 21.0. The van der Waals surface area contributed by atoms with Crippen molar-refractivity contribution in [2.75, 3.05) is 5.32 Å². The van der Waals surface area contributed by atoms with Crippen molar-refractivity contribution in [1.29, 1.82) is 0 Å². The fraction of sp³-hybridized carbons (Fsp3) is 0.0455. The van der Waals surface area contributed by atoms with Gasteiger partial charge in [-0.05, 0) is 61.5 Å². The lowest BCUT2D eigenvalue weighted by molar-refractivity contribution is 0.102. The molecule has 0 unspecified atom stereocenters. The molecule has 0 atom stereocenters. The first-order chi connectivity index (χ1) is 13.5. The molecule has 138 valence electrons. The standard InChI is InChI=1S/C22H16ClN3O2/c1-14-24-20-8-3-2-7-19(20)22(28)26(14)18-6-4-5-17(13-18)25-21(27)15-9-11-16(23)12-10-15/h2-13H,1H3,(H,25,27). The molecule has 0 bridgehead atoms. The zero-order chi connectivity index (χ0) is 19.7. The number of hydrogen-bond donors (Lipinski definition) is 1. The molecule has 3 aromatic carbocycles. The van der Waals surface area contributed by atoms with E-state index >= 15 is 0 Å². The van der Waals surface area contributed by atoms with E-state index in [0.717, 1.165) is 0 Å². The second kappa shape index (κ2) is 7.29. The number of benzene rings is 3. The van der Waals surface area contributed by atoms with Crippen LogP contribution < -0.4 is 10.9 Å². The molecule has 0 fully saturated rings. The minimum absolute atomic E-state index is 0.149. The molecule has 4 rings (SSSR count). The highest BCUT2D eigenvalue weighted by atomic mass is 35.5. The van der Waals surface area contributed by atoms with Crippen molar-refractivity contribution in [3.8, 4) is 5.69 Å². The highest BCUT2D eigenvalue weighted by Gasteiger charge is 2.11. The molecular weight excluding hydrogens is 374 g/mol. The Kier molecular flexibility index (Phi) is 4.67. The first kappa shape index (κ1) is 17.9. The minimum atomic E-state index is -0.255. The van der Waals surface area contributed by atoms with Gasteiger partial charge in [0.15, 0.2) is 0 Å². The van der Waals surface area contributed by atoms with Crippen LogP contribution in [0.3, 0.4) is 0 Å². The maximum Gasteiger partial charge on any atom is 0.265 e. The zero-order valence-electron chi connectivity index (χ0n) is 15.0. The Morgan fingerprint density at radius 3 is 2.54 bits per heavy atom. The van der Waals surface area contributed by atoms with Crippen LogP contribution in [-0.2, 0) is 0 Å². The molecule has 0 saturated heterocycles. The normalized spacial score (nSPS) is 10.8. The van der Waals surface area contributed by atoms with Crippen molar-refractivity contribution in [1.82, 2.24) is 9.55 Å². The number of halogens is 1. The number of hydrogen-bond acceptors (Lipinski definition) is 3. The highest BCUT2D eigenvalue weighted by Crippen LogP contribution is 2.18. The van der Waals surface area contributed by atoms with Gasteiger partial charge in [-0.15, -0.1) is 0 Å². The van der Waals surface area contributed by atoms with Crippen molar-refractivity contribution >= 4 is 34.1 Å². The number of amides is 1. The van der Waals surface area contributed by atoms with Gasteiger partial charge >= 0.3 is 0 Å². The smallest absolute Gasteiger partial charge is 0.265 e. The van der Waals surface area contributed by atoms with E-state index in [0.29, 0.717) is 38.7 Å². The van der Waals surface area contributed by atoms with Gasteiger partial charge in [0.25, 0.3) is 11.5 Å². The van der Waals surface area contributed by atoms with E-state index in [-0.39, 0.29) is 11.5 Å². The molecule has 0 radical (unpaired) electrons. The molecule has 1 aromatic heterocycles. The lowest BCUT2D eigenvalue weighted by Gasteiger charge is -2.12. The molecule has 4 aromatic rings. The number of nitrogens with zero attached hydrogens (tertiary/aromatic N) is 2. The summed E-state index contributed by atoms with van der Waals surface area (Å²) in [7, 11) is 0. The molecule has 1 heterocycles. The SMILES string of the molecule is Cc1nc2ccccc2c(=O)n1-c1cccc(NC(=O)c2ccc(Cl)cc2)c1. The summed E-state index contributed by atoms with van der Waals surface area (Å²) >= 11 is 5.87. The summed E-state index contributed by atoms with van der Waals surface area (Å²) in [5.74, 6) is 0.319. The van der Waals surface area contributed by atoms with Gasteiger partial charge in [-0.3, -0.25) is 14.2 Å². The second-order valence-corrected chi connectivity index (χ2v) is 6.76. The van der Waals surface area contributed by atoms with Gasteiger partial charge in [-0.1, -0.05) is 29.8 Å². The minimum Gasteiger partial charge on any atom is -0.322 e. The molecule has 0 aliphatic heterocycles. The Hall–Kier alpha value is -3.44. The van der Waals surface area contributed by atoms with Crippen molar-refractivity contribution in [3.63, 3.8) is 0 Å². The van der Waals surface area contributed by atoms with Gasteiger partial charge < -0.3 is 5.32 Å². The summed E-state index contributed by atoms with van der Waals surface area (Å²) in [5, 5.41) is 3.96. The number of anilines is 1. The predicted octanol–water partition coefficient (Wildman–Crippen LogP) is 4.60. The van der Waals surface area contributed by atoms with Gasteiger partial charge in [0, 0.05) is 16.3 Å². The predicted molar refractivity (Wildman–Crippen MR) is 111 cm³/mol. The lowest BCUT2D eigenvalue weighted by atomic mass is 10.2. The Bertz CT molecular complexity index is 1250. The Morgan fingerprint density at radius 1 is 1.00 bits per heavy atom. The third-order valence-corrected chi connectivity index (χ3v) is 4.66. The Morgan fingerprint density at radius 2 is 1.75 bits per heavy atom. The number of rotatable bonds is 3. The zero-order valence-corrected chi connectivity index (χ0v) is 15.8. The van der Waals surface area contributed by atoms with E-state index in [1.165, 1.54) is 0 Å². The van der Waals surface area contributed by atoms with E-state index < -0.39 is 0 Å². The number of para-hydroxylation sites is 1. The van der Waals surface area contributed by atoms with Crippen molar-refractivity contribution < 1.29 is 4.79 Å². The molecule has 6 heteroatoms. The van der Waals surface area contributed by atoms with Crippen LogP contribution in [0.1, 0.15) is 16.2 Å². The number of nitrogens with one attached hydrogen (secondary N) is 1. The van der Waals surface area contributed by atoms with Gasteiger partial charge in [-0.2, -0.15) is 0 Å². The Labute approximate surface area is 166 Å². The third-order valence-electron chi connectivity index (χ3n) is 4.41. The van der Waals surface area contributed by atoms with E-state index in [1.54, 1.807) is 60.0 Å². The summed E-state index contributed by atoms with van der Waals surface area (Å²) in [5.41, 5.74) is 2.22. The Balaban J connectivity index is 1.71. The van der Waals surface area contributed by atoms with Crippen LogP contribution in [0.4, 0.5) is 5.69 Å². The number of carbonyl (C=O) groups is 1. The monoisotopic (exact) mass is 389 g/mol. The summed E-state index contributed by atoms with van der Waals surface area (Å²) < 4.78 is 1.54. The van der Waals surface area contributed by atoms with E-state index in [2.05, 4.69) is 10.3 Å². The van der Waals surface area contributed by atoms with Crippen LogP contribution in [0.15, 0.2) is 77.6 Å². The van der Waals surface area contributed by atoms with Crippen LogP contribution in [0.5, 0.6) is 0 Å². The first-order valence-corrected chi connectivity index (χ1v) is 9.06. The molecule has 1 N–H and O–H groups in total. The topological polar surface area (TPSA) is 64.0 Å². The van der Waals surface area contributed by atoms with E-state index in [4.69, 9.17) is 11.6 Å². The number of fused-ring (bicyclic) bond motifs is 1. The van der Waals surface area contributed by atoms with Gasteiger partial charge in [-0.25, -0.2) is 4.98 Å². The summed E-state index contributed by atoms with van der Waals surface area (Å²) in [4.78, 5) is 29.9. The molecule has 0 aliphatic rings. The molecule has 1 amide bonds. The van der Waals surface area contributed by atoms with Crippen LogP contribution in [-0.4, -0.2) is 15.5 Å². The van der Waals surface area contributed by atoms with Crippen molar-refractivity contribution in [3.05, 3.63) is 99.6 Å². The van der Waals surface area contributed by atoms with E-state index in [1.807, 2.05) is 24.3 Å². The van der Waals surface area contributed by atoms with Crippen molar-refractivity contribution in [2.45, 2.75) is 6.92 Å². The largest absolute Gasteiger partial charge is 0.322 e. The quantitative estimate of drug-likeness (QED) is 0.557. The molecule has 28 heavy (non-hydrogen) atoms. The maximum atomic E-state index is 13.0. The molecular formula is C22H16ClN3O2.